The Morgan fingerprint density at radius 2 is 2.19 bits per heavy atom. The normalized spacial score (nSPS) is 12.2. The maximum atomic E-state index is 12.0. The lowest BCUT2D eigenvalue weighted by Crippen LogP contribution is -2.29. The van der Waals surface area contributed by atoms with Crippen LogP contribution in [0.5, 0.6) is 5.75 Å². The highest BCUT2D eigenvalue weighted by Crippen LogP contribution is 2.26. The van der Waals surface area contributed by atoms with Gasteiger partial charge < -0.3 is 20.7 Å². The fourth-order valence-corrected chi connectivity index (χ4v) is 2.04. The van der Waals surface area contributed by atoms with Crippen molar-refractivity contribution in [1.82, 2.24) is 4.90 Å². The molecule has 3 N–H and O–H groups in total. The van der Waals surface area contributed by atoms with Crippen molar-refractivity contribution in [2.45, 2.75) is 39.2 Å². The molecule has 0 aliphatic heterocycles. The van der Waals surface area contributed by atoms with E-state index in [2.05, 4.69) is 31.1 Å². The zero-order valence-corrected chi connectivity index (χ0v) is 13.5. The molecule has 0 bridgehead atoms. The summed E-state index contributed by atoms with van der Waals surface area (Å²) in [5.74, 6) is 0.579. The zero-order chi connectivity index (χ0) is 15.8. The van der Waals surface area contributed by atoms with Gasteiger partial charge in [-0.1, -0.05) is 6.92 Å². The number of nitrogens with zero attached hydrogens (tertiary/aromatic N) is 1. The third-order valence-corrected chi connectivity index (χ3v) is 3.76. The van der Waals surface area contributed by atoms with Crippen LogP contribution in [0.15, 0.2) is 18.2 Å². The summed E-state index contributed by atoms with van der Waals surface area (Å²) in [6.07, 6.45) is 2.45. The molecule has 118 valence electrons. The zero-order valence-electron chi connectivity index (χ0n) is 13.5. The minimum atomic E-state index is -0.00405. The quantitative estimate of drug-likeness (QED) is 0.723. The number of nitrogens with one attached hydrogen (secondary N) is 1. The van der Waals surface area contributed by atoms with Crippen LogP contribution in [-0.2, 0) is 4.79 Å². The van der Waals surface area contributed by atoms with E-state index in [1.54, 1.807) is 25.3 Å². The van der Waals surface area contributed by atoms with Gasteiger partial charge in [-0.15, -0.1) is 0 Å². The third-order valence-electron chi connectivity index (χ3n) is 3.76. The topological polar surface area (TPSA) is 67.6 Å². The summed E-state index contributed by atoms with van der Waals surface area (Å²) in [5, 5.41) is 2.87. The molecule has 0 spiro atoms. The molecule has 0 aliphatic carbocycles. The molecular formula is C16H27N3O2. The molecule has 0 radical (unpaired) electrons. The molecule has 0 saturated carbocycles. The van der Waals surface area contributed by atoms with Crippen molar-refractivity contribution in [2.24, 2.45) is 0 Å². The second-order valence-corrected chi connectivity index (χ2v) is 5.35. The van der Waals surface area contributed by atoms with E-state index in [1.165, 1.54) is 0 Å². The molecule has 0 aliphatic rings. The van der Waals surface area contributed by atoms with Crippen molar-refractivity contribution >= 4 is 17.3 Å². The van der Waals surface area contributed by atoms with Crippen LogP contribution in [-0.4, -0.2) is 37.6 Å². The number of benzene rings is 1. The number of nitrogens with two attached hydrogens (primary N) is 1. The van der Waals surface area contributed by atoms with E-state index in [4.69, 9.17) is 10.5 Å². The largest absolute Gasteiger partial charge is 0.494 e. The molecule has 0 heterocycles. The van der Waals surface area contributed by atoms with Crippen LogP contribution >= 0.6 is 0 Å². The average Bonchev–Trinajstić information content (AvgIpc) is 2.47. The summed E-state index contributed by atoms with van der Waals surface area (Å²) in [6, 6.07) is 5.75. The Labute approximate surface area is 127 Å². The Kier molecular flexibility index (Phi) is 7.02. The van der Waals surface area contributed by atoms with E-state index in [0.717, 1.165) is 19.4 Å². The summed E-state index contributed by atoms with van der Waals surface area (Å²) < 4.78 is 5.21. The molecule has 1 rings (SSSR count). The highest BCUT2D eigenvalue weighted by Gasteiger charge is 2.10. The van der Waals surface area contributed by atoms with Gasteiger partial charge in [-0.3, -0.25) is 4.79 Å². The van der Waals surface area contributed by atoms with Crippen LogP contribution in [0.25, 0.3) is 0 Å². The van der Waals surface area contributed by atoms with Crippen LogP contribution in [0, 0.1) is 0 Å². The predicted octanol–water partition coefficient (Wildman–Crippen LogP) is 2.73. The number of hydrogen-bond acceptors (Lipinski definition) is 4. The minimum absolute atomic E-state index is 0.00405. The second-order valence-electron chi connectivity index (χ2n) is 5.35. The molecule has 1 unspecified atom stereocenters. The van der Waals surface area contributed by atoms with Crippen LogP contribution in [0.4, 0.5) is 11.4 Å². The monoisotopic (exact) mass is 293 g/mol. The molecule has 21 heavy (non-hydrogen) atoms. The lowest BCUT2D eigenvalue weighted by atomic mass is 10.2. The summed E-state index contributed by atoms with van der Waals surface area (Å²) in [6.45, 7) is 5.28. The number of carbonyl (C=O) groups excluding carboxylic acids is 1. The van der Waals surface area contributed by atoms with Crippen LogP contribution in [0.3, 0.4) is 0 Å². The van der Waals surface area contributed by atoms with Gasteiger partial charge in [0.2, 0.25) is 5.91 Å². The first-order chi connectivity index (χ1) is 9.97. The molecule has 1 atom stereocenters. The molecular weight excluding hydrogens is 266 g/mol. The molecule has 0 saturated heterocycles. The van der Waals surface area contributed by atoms with Crippen molar-refractivity contribution in [3.05, 3.63) is 18.2 Å². The van der Waals surface area contributed by atoms with E-state index in [1.807, 2.05) is 0 Å². The van der Waals surface area contributed by atoms with E-state index in [-0.39, 0.29) is 5.91 Å². The molecule has 1 aromatic carbocycles. The van der Waals surface area contributed by atoms with Gasteiger partial charge in [0.05, 0.1) is 12.8 Å². The number of rotatable bonds is 8. The van der Waals surface area contributed by atoms with E-state index >= 15 is 0 Å². The number of amides is 1. The highest BCUT2D eigenvalue weighted by atomic mass is 16.5. The second kappa shape index (κ2) is 8.52. The Morgan fingerprint density at radius 3 is 2.81 bits per heavy atom. The SMILES string of the molecule is CCC(C)N(C)CCCC(=O)Nc1ccc(N)cc1OC. The molecule has 1 amide bonds. The fourth-order valence-electron chi connectivity index (χ4n) is 2.04. The molecule has 0 fully saturated rings. The number of methoxy groups -OCH3 is 1. The van der Waals surface area contributed by atoms with Gasteiger partial charge in [0, 0.05) is 24.2 Å². The summed E-state index contributed by atoms with van der Waals surface area (Å²) >= 11 is 0. The van der Waals surface area contributed by atoms with Gasteiger partial charge in [0.25, 0.3) is 0 Å². The van der Waals surface area contributed by atoms with Crippen LogP contribution < -0.4 is 15.8 Å². The molecule has 5 heteroatoms. The fraction of sp³-hybridized carbons (Fsp3) is 0.562. The Balaban J connectivity index is 2.44. The average molecular weight is 293 g/mol. The Bertz CT molecular complexity index is 463. The van der Waals surface area contributed by atoms with Gasteiger partial charge in [0.1, 0.15) is 5.75 Å². The summed E-state index contributed by atoms with van der Waals surface area (Å²) in [4.78, 5) is 14.2. The van der Waals surface area contributed by atoms with Crippen molar-refractivity contribution < 1.29 is 9.53 Å². The first kappa shape index (κ1) is 17.3. The van der Waals surface area contributed by atoms with Crippen LogP contribution in [0.1, 0.15) is 33.1 Å². The summed E-state index contributed by atoms with van der Waals surface area (Å²) in [5.41, 5.74) is 6.96. The van der Waals surface area contributed by atoms with Gasteiger partial charge in [0.15, 0.2) is 0 Å². The molecule has 5 nitrogen and oxygen atoms in total. The van der Waals surface area contributed by atoms with Crippen LogP contribution in [0.2, 0.25) is 0 Å². The standard InChI is InChI=1S/C16H27N3O2/c1-5-12(2)19(3)10-6-7-16(20)18-14-9-8-13(17)11-15(14)21-4/h8-9,11-12H,5-7,10,17H2,1-4H3,(H,18,20). The third kappa shape index (κ3) is 5.63. The van der Waals surface area contributed by atoms with Crippen molar-refractivity contribution in [3.63, 3.8) is 0 Å². The predicted molar refractivity (Wildman–Crippen MR) is 87.7 cm³/mol. The van der Waals surface area contributed by atoms with E-state index in [9.17, 15) is 4.79 Å². The van der Waals surface area contributed by atoms with Gasteiger partial charge in [-0.2, -0.15) is 0 Å². The van der Waals surface area contributed by atoms with Crippen molar-refractivity contribution in [1.29, 1.82) is 0 Å². The highest BCUT2D eigenvalue weighted by molar-refractivity contribution is 5.92. The van der Waals surface area contributed by atoms with Crippen molar-refractivity contribution in [3.8, 4) is 5.75 Å². The lowest BCUT2D eigenvalue weighted by Gasteiger charge is -2.23. The van der Waals surface area contributed by atoms with Crippen molar-refractivity contribution in [2.75, 3.05) is 31.8 Å². The number of anilines is 2. The Morgan fingerprint density at radius 1 is 1.48 bits per heavy atom. The Hall–Kier alpha value is -1.75. The van der Waals surface area contributed by atoms with E-state index < -0.39 is 0 Å². The smallest absolute Gasteiger partial charge is 0.224 e. The van der Waals surface area contributed by atoms with E-state index in [0.29, 0.717) is 29.6 Å². The van der Waals surface area contributed by atoms with Gasteiger partial charge >= 0.3 is 0 Å². The van der Waals surface area contributed by atoms with Gasteiger partial charge in [-0.25, -0.2) is 0 Å². The summed E-state index contributed by atoms with van der Waals surface area (Å²) in [7, 11) is 3.65. The number of ether oxygens (including phenoxy) is 1. The number of nitrogen functional groups attached to an aromatic ring is 1. The number of hydrogen-bond donors (Lipinski definition) is 2. The minimum Gasteiger partial charge on any atom is -0.494 e. The lowest BCUT2D eigenvalue weighted by molar-refractivity contribution is -0.116. The number of carbonyl (C=O) groups is 1. The first-order valence-electron chi connectivity index (χ1n) is 7.41. The maximum Gasteiger partial charge on any atom is 0.224 e. The first-order valence-corrected chi connectivity index (χ1v) is 7.41. The molecule has 1 aromatic rings. The maximum absolute atomic E-state index is 12.0. The molecule has 0 aromatic heterocycles. The van der Waals surface area contributed by atoms with Gasteiger partial charge in [-0.05, 0) is 45.5 Å².